The van der Waals surface area contributed by atoms with Crippen molar-refractivity contribution in [3.63, 3.8) is 0 Å². The molecule has 1 aromatic heterocycles. The molecule has 8 heteroatoms. The Morgan fingerprint density at radius 2 is 2.04 bits per heavy atom. The average molecular weight is 406 g/mol. The van der Waals surface area contributed by atoms with Crippen LogP contribution in [0.25, 0.3) is 0 Å². The molecule has 3 N–H and O–H groups in total. The van der Waals surface area contributed by atoms with Crippen LogP contribution in [0.3, 0.4) is 0 Å². The molecular weight excluding hydrogens is 388 g/mol. The Bertz CT molecular complexity index is 675. The van der Waals surface area contributed by atoms with E-state index in [1.54, 1.807) is 20.3 Å². The highest BCUT2D eigenvalue weighted by molar-refractivity contribution is 9.10. The van der Waals surface area contributed by atoms with Crippen molar-refractivity contribution in [2.75, 3.05) is 14.2 Å². The third-order valence-corrected chi connectivity index (χ3v) is 3.65. The molecule has 0 fully saturated rings. The van der Waals surface area contributed by atoms with Gasteiger partial charge in [0.25, 0.3) is 5.91 Å². The first-order valence-corrected chi connectivity index (χ1v) is 7.34. The Morgan fingerprint density at radius 3 is 2.61 bits per heavy atom. The van der Waals surface area contributed by atoms with Crippen LogP contribution in [0.2, 0.25) is 0 Å². The second-order valence-electron chi connectivity index (χ2n) is 4.50. The first-order chi connectivity index (χ1) is 10.6. The van der Waals surface area contributed by atoms with Gasteiger partial charge in [-0.15, -0.1) is 12.4 Å². The van der Waals surface area contributed by atoms with E-state index in [0.717, 1.165) is 10.0 Å². The predicted molar refractivity (Wildman–Crippen MR) is 92.3 cm³/mol. The summed E-state index contributed by atoms with van der Waals surface area (Å²) in [5.41, 5.74) is 6.77. The summed E-state index contributed by atoms with van der Waals surface area (Å²) < 4.78 is 16.4. The minimum Gasteiger partial charge on any atom is -0.493 e. The Balaban J connectivity index is 0.00000264. The van der Waals surface area contributed by atoms with Crippen molar-refractivity contribution in [2.45, 2.75) is 13.1 Å². The molecule has 0 atom stereocenters. The van der Waals surface area contributed by atoms with E-state index < -0.39 is 0 Å². The number of nitrogens with two attached hydrogens (primary N) is 1. The van der Waals surface area contributed by atoms with Crippen molar-refractivity contribution >= 4 is 34.2 Å². The lowest BCUT2D eigenvalue weighted by Crippen LogP contribution is -2.22. The molecule has 0 aliphatic rings. The van der Waals surface area contributed by atoms with Crippen molar-refractivity contribution in [3.05, 3.63) is 45.8 Å². The second-order valence-corrected chi connectivity index (χ2v) is 5.36. The maximum Gasteiger partial charge on any atom is 0.254 e. The zero-order valence-electron chi connectivity index (χ0n) is 12.7. The molecule has 1 heterocycles. The van der Waals surface area contributed by atoms with Gasteiger partial charge in [-0.1, -0.05) is 0 Å². The topological polar surface area (TPSA) is 86.7 Å². The van der Waals surface area contributed by atoms with Gasteiger partial charge in [0.15, 0.2) is 11.5 Å². The van der Waals surface area contributed by atoms with E-state index in [2.05, 4.69) is 21.2 Å². The van der Waals surface area contributed by atoms with Gasteiger partial charge in [-0.2, -0.15) is 0 Å². The Labute approximate surface area is 148 Å². The summed E-state index contributed by atoms with van der Waals surface area (Å²) in [7, 11) is 3.13. The van der Waals surface area contributed by atoms with Crippen molar-refractivity contribution < 1.29 is 18.7 Å². The van der Waals surface area contributed by atoms with E-state index in [1.165, 1.54) is 6.26 Å². The van der Waals surface area contributed by atoms with Crippen molar-refractivity contribution in [1.82, 2.24) is 5.32 Å². The monoisotopic (exact) mass is 404 g/mol. The number of nitrogens with one attached hydrogen (secondary N) is 1. The SMILES string of the molecule is COc1cc(CNC(=O)c2coc(CN)c2)cc(Br)c1OC.Cl. The summed E-state index contributed by atoms with van der Waals surface area (Å²) in [5.74, 6) is 1.54. The quantitative estimate of drug-likeness (QED) is 0.772. The highest BCUT2D eigenvalue weighted by atomic mass is 79.9. The van der Waals surface area contributed by atoms with Crippen LogP contribution >= 0.6 is 28.3 Å². The second kappa shape index (κ2) is 8.81. The molecule has 0 aliphatic heterocycles. The molecule has 1 aromatic carbocycles. The van der Waals surface area contributed by atoms with Gasteiger partial charge in [0.05, 0.1) is 30.8 Å². The van der Waals surface area contributed by atoms with Crippen molar-refractivity contribution in [1.29, 1.82) is 0 Å². The fourth-order valence-corrected chi connectivity index (χ4v) is 2.62. The molecule has 0 unspecified atom stereocenters. The number of carbonyl (C=O) groups excluding carboxylic acids is 1. The summed E-state index contributed by atoms with van der Waals surface area (Å²) in [6, 6.07) is 5.30. The minimum absolute atomic E-state index is 0. The Morgan fingerprint density at radius 1 is 1.30 bits per heavy atom. The Kier molecular flexibility index (Phi) is 7.41. The molecule has 126 valence electrons. The number of rotatable bonds is 6. The smallest absolute Gasteiger partial charge is 0.254 e. The van der Waals surface area contributed by atoms with Gasteiger partial charge in [-0.25, -0.2) is 0 Å². The third-order valence-electron chi connectivity index (χ3n) is 3.06. The zero-order valence-corrected chi connectivity index (χ0v) is 15.1. The highest BCUT2D eigenvalue weighted by Gasteiger charge is 2.13. The maximum atomic E-state index is 12.0. The summed E-state index contributed by atoms with van der Waals surface area (Å²) in [4.78, 5) is 12.0. The lowest BCUT2D eigenvalue weighted by atomic mass is 10.2. The molecule has 0 spiro atoms. The van der Waals surface area contributed by atoms with Crippen LogP contribution in [0.4, 0.5) is 0 Å². The van der Waals surface area contributed by atoms with E-state index in [1.807, 2.05) is 12.1 Å². The first kappa shape index (κ1) is 19.3. The number of halogens is 2. The van der Waals surface area contributed by atoms with Crippen molar-refractivity contribution in [3.8, 4) is 11.5 Å². The van der Waals surface area contributed by atoms with E-state index >= 15 is 0 Å². The van der Waals surface area contributed by atoms with Crippen LogP contribution in [0.1, 0.15) is 21.7 Å². The van der Waals surface area contributed by atoms with Gasteiger partial charge >= 0.3 is 0 Å². The number of methoxy groups -OCH3 is 2. The molecule has 0 saturated carbocycles. The lowest BCUT2D eigenvalue weighted by molar-refractivity contribution is 0.0950. The molecule has 0 radical (unpaired) electrons. The number of furan rings is 1. The summed E-state index contributed by atoms with van der Waals surface area (Å²) in [5, 5.41) is 2.81. The minimum atomic E-state index is -0.227. The van der Waals surface area contributed by atoms with Crippen molar-refractivity contribution in [2.24, 2.45) is 5.73 Å². The number of hydrogen-bond donors (Lipinski definition) is 2. The predicted octanol–water partition coefficient (Wildman–Crippen LogP) is 2.87. The number of hydrogen-bond acceptors (Lipinski definition) is 5. The fraction of sp³-hybridized carbons (Fsp3) is 0.267. The number of ether oxygens (including phenoxy) is 2. The van der Waals surface area contributed by atoms with E-state index in [-0.39, 0.29) is 24.9 Å². The zero-order chi connectivity index (χ0) is 16.1. The molecule has 6 nitrogen and oxygen atoms in total. The van der Waals surface area contributed by atoms with Gasteiger partial charge in [-0.3, -0.25) is 4.79 Å². The Hall–Kier alpha value is -1.70. The number of carbonyl (C=O) groups is 1. The van der Waals surface area contributed by atoms with Gasteiger partial charge in [0.2, 0.25) is 0 Å². The van der Waals surface area contributed by atoms with Crippen LogP contribution in [0.15, 0.2) is 33.4 Å². The van der Waals surface area contributed by atoms with Gasteiger partial charge in [-0.05, 0) is 39.7 Å². The maximum absolute atomic E-state index is 12.0. The largest absolute Gasteiger partial charge is 0.493 e. The summed E-state index contributed by atoms with van der Waals surface area (Å²) in [6.45, 7) is 0.608. The molecule has 1 amide bonds. The molecule has 0 bridgehead atoms. The van der Waals surface area contributed by atoms with E-state index in [0.29, 0.717) is 29.4 Å². The molecule has 0 saturated heterocycles. The third kappa shape index (κ3) is 4.63. The van der Waals surface area contributed by atoms with Crippen LogP contribution in [-0.4, -0.2) is 20.1 Å². The van der Waals surface area contributed by atoms with Gasteiger partial charge < -0.3 is 24.9 Å². The van der Waals surface area contributed by atoms with E-state index in [4.69, 9.17) is 19.6 Å². The van der Waals surface area contributed by atoms with Crippen LogP contribution < -0.4 is 20.5 Å². The molecule has 2 aromatic rings. The van der Waals surface area contributed by atoms with Gasteiger partial charge in [0, 0.05) is 6.54 Å². The normalized spacial score (nSPS) is 9.91. The average Bonchev–Trinajstić information content (AvgIpc) is 3.01. The fourth-order valence-electron chi connectivity index (χ4n) is 1.96. The summed E-state index contributed by atoms with van der Waals surface area (Å²) >= 11 is 3.42. The molecular formula is C15H18BrClN2O4. The molecule has 2 rings (SSSR count). The van der Waals surface area contributed by atoms with Crippen LogP contribution in [0, 0.1) is 0 Å². The van der Waals surface area contributed by atoms with Crippen LogP contribution in [0.5, 0.6) is 11.5 Å². The molecule has 0 aliphatic carbocycles. The van der Waals surface area contributed by atoms with Crippen LogP contribution in [-0.2, 0) is 13.1 Å². The van der Waals surface area contributed by atoms with E-state index in [9.17, 15) is 4.79 Å². The van der Waals surface area contributed by atoms with Gasteiger partial charge in [0.1, 0.15) is 12.0 Å². The lowest BCUT2D eigenvalue weighted by Gasteiger charge is -2.12. The molecule has 23 heavy (non-hydrogen) atoms. The number of benzene rings is 1. The first-order valence-electron chi connectivity index (χ1n) is 6.55. The summed E-state index contributed by atoms with van der Waals surface area (Å²) in [6.07, 6.45) is 1.39. The standard InChI is InChI=1S/C15H17BrN2O4.ClH/c1-20-13-4-9(3-12(16)14(13)21-2)7-18-15(19)10-5-11(6-17)22-8-10;/h3-5,8H,6-7,17H2,1-2H3,(H,18,19);1H. The number of amides is 1. The highest BCUT2D eigenvalue weighted by Crippen LogP contribution is 2.36.